The van der Waals surface area contributed by atoms with Crippen LogP contribution < -0.4 is 10.6 Å². The first-order valence-corrected chi connectivity index (χ1v) is 13.8. The molecule has 11 nitrogen and oxygen atoms in total. The Morgan fingerprint density at radius 1 is 1.05 bits per heavy atom. The van der Waals surface area contributed by atoms with Crippen molar-refractivity contribution in [2.45, 2.75) is 98.4 Å². The number of likely N-dealkylation sites (tertiary alicyclic amines) is 2. The number of carbonyl (C=O) groups is 5. The minimum atomic E-state index is -1.05. The predicted octanol–water partition coefficient (Wildman–Crippen LogP) is 2.08. The molecule has 2 saturated heterocycles. The number of fused-ring (bicyclic) bond motifs is 1. The average Bonchev–Trinajstić information content (AvgIpc) is 3.14. The first-order chi connectivity index (χ1) is 17.9. The highest BCUT2D eigenvalue weighted by Gasteiger charge is 2.70. The van der Waals surface area contributed by atoms with Gasteiger partial charge in [0.2, 0.25) is 17.7 Å². The Kier molecular flexibility index (Phi) is 8.63. The van der Waals surface area contributed by atoms with E-state index in [1.165, 1.54) is 12.0 Å². The van der Waals surface area contributed by atoms with E-state index in [-0.39, 0.29) is 35.6 Å². The van der Waals surface area contributed by atoms with Crippen LogP contribution in [0.15, 0.2) is 0 Å². The number of rotatable bonds is 7. The molecular weight excluding hydrogens is 504 g/mol. The van der Waals surface area contributed by atoms with Crippen molar-refractivity contribution in [2.24, 2.45) is 22.7 Å². The minimum Gasteiger partial charge on any atom is -0.467 e. The van der Waals surface area contributed by atoms with Gasteiger partial charge in [0.05, 0.1) is 13.7 Å². The molecule has 3 rings (SSSR count). The van der Waals surface area contributed by atoms with Crippen molar-refractivity contribution in [3.8, 4) is 0 Å². The van der Waals surface area contributed by atoms with Crippen LogP contribution in [0.1, 0.15) is 74.7 Å². The van der Waals surface area contributed by atoms with Gasteiger partial charge in [0, 0.05) is 19.5 Å². The summed E-state index contributed by atoms with van der Waals surface area (Å²) in [5.74, 6) is -1.54. The summed E-state index contributed by atoms with van der Waals surface area (Å²) in [5, 5.41) is 5.52. The van der Waals surface area contributed by atoms with E-state index in [0.29, 0.717) is 19.5 Å². The number of hydrogen-bond donors (Lipinski definition) is 2. The molecule has 11 heteroatoms. The number of esters is 1. The van der Waals surface area contributed by atoms with Gasteiger partial charge in [-0.05, 0) is 56.3 Å². The Hall–Kier alpha value is -2.85. The fraction of sp³-hybridized carbons (Fsp3) is 0.821. The summed E-state index contributed by atoms with van der Waals surface area (Å²) >= 11 is 0. The van der Waals surface area contributed by atoms with Crippen molar-refractivity contribution in [1.82, 2.24) is 20.4 Å². The third-order valence-corrected chi connectivity index (χ3v) is 8.16. The molecule has 220 valence electrons. The first-order valence-electron chi connectivity index (χ1n) is 13.8. The van der Waals surface area contributed by atoms with Crippen molar-refractivity contribution >= 4 is 29.8 Å². The number of nitrogens with zero attached hydrogens (tertiary/aromatic N) is 2. The molecule has 2 aliphatic heterocycles. The minimum absolute atomic E-state index is 0.0141. The molecule has 4 amide bonds. The van der Waals surface area contributed by atoms with Crippen LogP contribution in [0.3, 0.4) is 0 Å². The molecule has 0 aromatic carbocycles. The Bertz CT molecular complexity index is 997. The van der Waals surface area contributed by atoms with E-state index in [4.69, 9.17) is 9.47 Å². The molecule has 0 radical (unpaired) electrons. The Balaban J connectivity index is 1.83. The molecule has 3 fully saturated rings. The molecule has 1 unspecified atom stereocenters. The van der Waals surface area contributed by atoms with E-state index in [1.54, 1.807) is 25.7 Å². The van der Waals surface area contributed by atoms with Crippen LogP contribution in [0.4, 0.5) is 4.79 Å². The van der Waals surface area contributed by atoms with Gasteiger partial charge in [-0.15, -0.1) is 0 Å². The topological polar surface area (TPSA) is 134 Å². The summed E-state index contributed by atoms with van der Waals surface area (Å²) in [6.07, 6.45) is 1.32. The molecule has 1 saturated carbocycles. The van der Waals surface area contributed by atoms with E-state index in [0.717, 1.165) is 12.8 Å². The molecule has 0 bridgehead atoms. The first kappa shape index (κ1) is 30.7. The fourth-order valence-corrected chi connectivity index (χ4v) is 5.91. The van der Waals surface area contributed by atoms with E-state index in [9.17, 15) is 24.0 Å². The number of amides is 4. The second kappa shape index (κ2) is 11.0. The van der Waals surface area contributed by atoms with E-state index in [2.05, 4.69) is 24.5 Å². The lowest BCUT2D eigenvalue weighted by Gasteiger charge is -2.38. The van der Waals surface area contributed by atoms with Crippen LogP contribution in [0.25, 0.3) is 0 Å². The Morgan fingerprint density at radius 2 is 1.69 bits per heavy atom. The van der Waals surface area contributed by atoms with E-state index >= 15 is 0 Å². The van der Waals surface area contributed by atoms with Gasteiger partial charge in [-0.1, -0.05) is 34.6 Å². The molecular formula is C28H46N4O7. The number of ether oxygens (including phenoxy) is 2. The lowest BCUT2D eigenvalue weighted by molar-refractivity contribution is -0.149. The molecule has 0 aromatic rings. The number of carbonyl (C=O) groups excluding carboxylic acids is 5. The zero-order valence-electron chi connectivity index (χ0n) is 24.9. The summed E-state index contributed by atoms with van der Waals surface area (Å²) in [6.45, 7) is 15.8. The normalized spacial score (nSPS) is 25.8. The highest BCUT2D eigenvalue weighted by molar-refractivity contribution is 5.95. The molecule has 2 heterocycles. The number of hydrogen-bond acceptors (Lipinski definition) is 7. The maximum atomic E-state index is 14.0. The van der Waals surface area contributed by atoms with Crippen LogP contribution in [-0.2, 0) is 28.7 Å². The molecule has 1 aliphatic carbocycles. The largest absolute Gasteiger partial charge is 0.467 e. The zero-order chi connectivity index (χ0) is 29.5. The van der Waals surface area contributed by atoms with Crippen LogP contribution >= 0.6 is 0 Å². The second-order valence-corrected chi connectivity index (χ2v) is 13.7. The highest BCUT2D eigenvalue weighted by atomic mass is 16.6. The summed E-state index contributed by atoms with van der Waals surface area (Å²) in [5.41, 5.74) is -1.56. The van der Waals surface area contributed by atoms with Gasteiger partial charge in [-0.25, -0.2) is 9.59 Å². The maximum Gasteiger partial charge on any atom is 0.408 e. The van der Waals surface area contributed by atoms with Crippen LogP contribution in [0.5, 0.6) is 0 Å². The molecule has 0 spiro atoms. The maximum absolute atomic E-state index is 14.0. The summed E-state index contributed by atoms with van der Waals surface area (Å²) in [4.78, 5) is 68.5. The van der Waals surface area contributed by atoms with Gasteiger partial charge in [0.1, 0.15) is 23.7 Å². The number of alkyl carbamates (subject to hydrolysis) is 1. The van der Waals surface area contributed by atoms with Crippen LogP contribution in [0.2, 0.25) is 0 Å². The van der Waals surface area contributed by atoms with E-state index in [1.807, 2.05) is 20.8 Å². The van der Waals surface area contributed by atoms with Crippen LogP contribution in [0, 0.1) is 22.7 Å². The number of methoxy groups -OCH3 is 1. The third kappa shape index (κ3) is 6.84. The van der Waals surface area contributed by atoms with Gasteiger partial charge in [-0.2, -0.15) is 0 Å². The van der Waals surface area contributed by atoms with Gasteiger partial charge < -0.3 is 29.9 Å². The molecule has 39 heavy (non-hydrogen) atoms. The monoisotopic (exact) mass is 550 g/mol. The van der Waals surface area contributed by atoms with Gasteiger partial charge in [-0.3, -0.25) is 14.4 Å². The van der Waals surface area contributed by atoms with Crippen molar-refractivity contribution in [2.75, 3.05) is 26.7 Å². The SMILES string of the molecule is COC(=O)C(CN1CCCCC1=O)NC(=O)[C@@H]1[C@@H]2[C@H](CN1C(=O)[C@@H](NC(=O)OC(C)(C)C)C(C)(C)C)C2(C)C. The standard InChI is InChI=1S/C28H46N4O7/c1-26(2,3)21(30-25(37)39-27(4,5)6)23(35)32-14-16-19(28(16,7)8)20(32)22(34)29-17(24(36)38-9)15-31-13-11-10-12-18(31)33/h16-17,19-21H,10-15H2,1-9H3,(H,29,34)(H,30,37)/t16-,17?,19-,20-,21+/m0/s1. The molecule has 3 aliphatic rings. The van der Waals surface area contributed by atoms with Crippen LogP contribution in [-0.4, -0.2) is 90.1 Å². The third-order valence-electron chi connectivity index (χ3n) is 8.16. The lowest BCUT2D eigenvalue weighted by Crippen LogP contribution is -2.61. The molecule has 0 aromatic heterocycles. The van der Waals surface area contributed by atoms with Crippen molar-refractivity contribution in [3.63, 3.8) is 0 Å². The van der Waals surface area contributed by atoms with Gasteiger partial charge in [0.25, 0.3) is 0 Å². The van der Waals surface area contributed by atoms with E-state index < -0.39 is 47.1 Å². The molecule has 2 N–H and O–H groups in total. The van der Waals surface area contributed by atoms with Gasteiger partial charge >= 0.3 is 12.1 Å². The summed E-state index contributed by atoms with van der Waals surface area (Å²) in [6, 6.07) is -2.82. The highest BCUT2D eigenvalue weighted by Crippen LogP contribution is 2.65. The number of nitrogens with one attached hydrogen (secondary N) is 2. The van der Waals surface area contributed by atoms with Crippen molar-refractivity contribution in [1.29, 1.82) is 0 Å². The van der Waals surface area contributed by atoms with Crippen molar-refractivity contribution in [3.05, 3.63) is 0 Å². The summed E-state index contributed by atoms with van der Waals surface area (Å²) < 4.78 is 10.3. The summed E-state index contributed by atoms with van der Waals surface area (Å²) in [7, 11) is 1.24. The smallest absolute Gasteiger partial charge is 0.408 e. The Labute approximate surface area is 231 Å². The zero-order valence-corrected chi connectivity index (χ0v) is 24.9. The van der Waals surface area contributed by atoms with Crippen molar-refractivity contribution < 1.29 is 33.4 Å². The predicted molar refractivity (Wildman–Crippen MR) is 143 cm³/mol. The Morgan fingerprint density at radius 3 is 2.23 bits per heavy atom. The fourth-order valence-electron chi connectivity index (χ4n) is 5.91. The lowest BCUT2D eigenvalue weighted by atomic mass is 9.85. The average molecular weight is 551 g/mol. The quantitative estimate of drug-likeness (QED) is 0.464. The number of piperidine rings is 2. The van der Waals surface area contributed by atoms with Gasteiger partial charge in [0.15, 0.2) is 0 Å². The molecule has 5 atom stereocenters. The second-order valence-electron chi connectivity index (χ2n) is 13.7.